The van der Waals surface area contributed by atoms with Crippen molar-refractivity contribution in [2.45, 2.75) is 39.8 Å². The zero-order chi connectivity index (χ0) is 11.5. The second-order valence-electron chi connectivity index (χ2n) is 4.29. The average Bonchev–Trinajstić information content (AvgIpc) is 2.68. The molecule has 16 heavy (non-hydrogen) atoms. The first kappa shape index (κ1) is 11.1. The SMILES string of the molecule is CCc1cnn2cc(CNC(C)C)cnc12. The fourth-order valence-electron chi connectivity index (χ4n) is 1.63. The number of fused-ring (bicyclic) bond motifs is 1. The highest BCUT2D eigenvalue weighted by molar-refractivity contribution is 5.46. The average molecular weight is 218 g/mol. The zero-order valence-corrected chi connectivity index (χ0v) is 10.1. The van der Waals surface area contributed by atoms with Crippen molar-refractivity contribution in [1.82, 2.24) is 19.9 Å². The molecule has 0 aliphatic rings. The van der Waals surface area contributed by atoms with Crippen molar-refractivity contribution in [3.05, 3.63) is 29.7 Å². The summed E-state index contributed by atoms with van der Waals surface area (Å²) in [5.41, 5.74) is 3.33. The van der Waals surface area contributed by atoms with Crippen LogP contribution in [-0.4, -0.2) is 20.6 Å². The van der Waals surface area contributed by atoms with E-state index in [2.05, 4.69) is 36.2 Å². The molecule has 0 saturated heterocycles. The molecule has 0 amide bonds. The topological polar surface area (TPSA) is 42.2 Å². The summed E-state index contributed by atoms with van der Waals surface area (Å²) in [6.45, 7) is 7.22. The van der Waals surface area contributed by atoms with Gasteiger partial charge < -0.3 is 5.32 Å². The van der Waals surface area contributed by atoms with E-state index in [4.69, 9.17) is 0 Å². The van der Waals surface area contributed by atoms with Crippen molar-refractivity contribution < 1.29 is 0 Å². The number of rotatable bonds is 4. The summed E-state index contributed by atoms with van der Waals surface area (Å²) >= 11 is 0. The molecule has 0 aliphatic heterocycles. The van der Waals surface area contributed by atoms with Gasteiger partial charge in [-0.2, -0.15) is 5.10 Å². The molecule has 2 aromatic heterocycles. The van der Waals surface area contributed by atoms with E-state index in [1.165, 1.54) is 5.56 Å². The van der Waals surface area contributed by atoms with Crippen LogP contribution < -0.4 is 5.32 Å². The summed E-state index contributed by atoms with van der Waals surface area (Å²) in [5.74, 6) is 0. The maximum absolute atomic E-state index is 4.45. The number of nitrogens with one attached hydrogen (secondary N) is 1. The van der Waals surface area contributed by atoms with Crippen LogP contribution in [0.15, 0.2) is 18.6 Å². The molecule has 86 valence electrons. The van der Waals surface area contributed by atoms with Gasteiger partial charge in [-0.1, -0.05) is 20.8 Å². The van der Waals surface area contributed by atoms with Crippen molar-refractivity contribution in [1.29, 1.82) is 0 Å². The van der Waals surface area contributed by atoms with Gasteiger partial charge in [-0.25, -0.2) is 9.50 Å². The van der Waals surface area contributed by atoms with E-state index in [0.717, 1.165) is 24.2 Å². The summed E-state index contributed by atoms with van der Waals surface area (Å²) in [6.07, 6.45) is 6.82. The first-order chi connectivity index (χ1) is 7.70. The Bertz CT molecular complexity index is 473. The van der Waals surface area contributed by atoms with Crippen molar-refractivity contribution in [3.63, 3.8) is 0 Å². The first-order valence-electron chi connectivity index (χ1n) is 5.75. The van der Waals surface area contributed by atoms with Crippen LogP contribution in [0, 0.1) is 0 Å². The van der Waals surface area contributed by atoms with Gasteiger partial charge in [0, 0.05) is 36.1 Å². The molecule has 0 saturated carbocycles. The number of hydrogen-bond donors (Lipinski definition) is 1. The Labute approximate surface area is 95.7 Å². The van der Waals surface area contributed by atoms with Crippen LogP contribution in [0.5, 0.6) is 0 Å². The minimum atomic E-state index is 0.486. The summed E-state index contributed by atoms with van der Waals surface area (Å²) in [5, 5.41) is 7.67. The number of aryl methyl sites for hydroxylation is 1. The van der Waals surface area contributed by atoms with Crippen molar-refractivity contribution >= 4 is 5.65 Å². The highest BCUT2D eigenvalue weighted by atomic mass is 15.2. The summed E-state index contributed by atoms with van der Waals surface area (Å²) in [7, 11) is 0. The lowest BCUT2D eigenvalue weighted by atomic mass is 10.2. The Hall–Kier alpha value is -1.42. The summed E-state index contributed by atoms with van der Waals surface area (Å²) in [4.78, 5) is 4.45. The van der Waals surface area contributed by atoms with Crippen molar-refractivity contribution in [2.75, 3.05) is 0 Å². The molecule has 2 heterocycles. The van der Waals surface area contributed by atoms with Gasteiger partial charge in [0.05, 0.1) is 6.20 Å². The lowest BCUT2D eigenvalue weighted by Gasteiger charge is -2.07. The Balaban J connectivity index is 2.24. The van der Waals surface area contributed by atoms with Gasteiger partial charge in [0.15, 0.2) is 5.65 Å². The molecule has 4 nitrogen and oxygen atoms in total. The third-order valence-corrected chi connectivity index (χ3v) is 2.58. The number of aromatic nitrogens is 3. The molecule has 0 bridgehead atoms. The maximum atomic E-state index is 4.45. The molecule has 2 aromatic rings. The minimum absolute atomic E-state index is 0.486. The molecular formula is C12H18N4. The predicted molar refractivity (Wildman–Crippen MR) is 64.3 cm³/mol. The molecule has 0 atom stereocenters. The molecule has 0 aliphatic carbocycles. The van der Waals surface area contributed by atoms with Gasteiger partial charge in [0.1, 0.15) is 0 Å². The van der Waals surface area contributed by atoms with Gasteiger partial charge in [-0.15, -0.1) is 0 Å². The Kier molecular flexibility index (Phi) is 3.19. The van der Waals surface area contributed by atoms with Crippen molar-refractivity contribution in [2.24, 2.45) is 0 Å². The monoisotopic (exact) mass is 218 g/mol. The second-order valence-corrected chi connectivity index (χ2v) is 4.29. The molecule has 0 spiro atoms. The molecule has 1 N–H and O–H groups in total. The fourth-order valence-corrected chi connectivity index (χ4v) is 1.63. The summed E-state index contributed by atoms with van der Waals surface area (Å²) < 4.78 is 1.86. The van der Waals surface area contributed by atoms with Gasteiger partial charge in [0.2, 0.25) is 0 Å². The predicted octanol–water partition coefficient (Wildman–Crippen LogP) is 1.79. The van der Waals surface area contributed by atoms with E-state index in [9.17, 15) is 0 Å². The third kappa shape index (κ3) is 2.22. The largest absolute Gasteiger partial charge is 0.310 e. The Morgan fingerprint density at radius 2 is 2.19 bits per heavy atom. The lowest BCUT2D eigenvalue weighted by Crippen LogP contribution is -2.22. The van der Waals surface area contributed by atoms with E-state index in [1.807, 2.05) is 23.1 Å². The van der Waals surface area contributed by atoms with Crippen LogP contribution >= 0.6 is 0 Å². The van der Waals surface area contributed by atoms with Crippen molar-refractivity contribution in [3.8, 4) is 0 Å². The van der Waals surface area contributed by atoms with Gasteiger partial charge in [-0.3, -0.25) is 0 Å². The van der Waals surface area contributed by atoms with Crippen LogP contribution in [0.2, 0.25) is 0 Å². The number of hydrogen-bond acceptors (Lipinski definition) is 3. The van der Waals surface area contributed by atoms with Gasteiger partial charge >= 0.3 is 0 Å². The Morgan fingerprint density at radius 3 is 2.88 bits per heavy atom. The van der Waals surface area contributed by atoms with Crippen LogP contribution in [0.25, 0.3) is 5.65 Å². The van der Waals surface area contributed by atoms with Crippen LogP contribution in [-0.2, 0) is 13.0 Å². The maximum Gasteiger partial charge on any atom is 0.158 e. The normalized spacial score (nSPS) is 11.5. The quantitative estimate of drug-likeness (QED) is 0.850. The molecule has 0 fully saturated rings. The Morgan fingerprint density at radius 1 is 1.38 bits per heavy atom. The minimum Gasteiger partial charge on any atom is -0.310 e. The van der Waals surface area contributed by atoms with Gasteiger partial charge in [-0.05, 0) is 6.42 Å². The highest BCUT2D eigenvalue weighted by Crippen LogP contribution is 2.09. The fraction of sp³-hybridized carbons (Fsp3) is 0.500. The third-order valence-electron chi connectivity index (χ3n) is 2.58. The number of nitrogens with zero attached hydrogens (tertiary/aromatic N) is 3. The molecule has 0 unspecified atom stereocenters. The van der Waals surface area contributed by atoms with Gasteiger partial charge in [0.25, 0.3) is 0 Å². The highest BCUT2D eigenvalue weighted by Gasteiger charge is 2.04. The standard InChI is InChI=1S/C12H18N4/c1-4-11-7-15-16-8-10(5-13-9(2)3)6-14-12(11)16/h6-9,13H,4-5H2,1-3H3. The van der Waals surface area contributed by atoms with E-state index in [1.54, 1.807) is 0 Å². The van der Waals surface area contributed by atoms with E-state index < -0.39 is 0 Å². The first-order valence-corrected chi connectivity index (χ1v) is 5.75. The molecule has 0 aromatic carbocycles. The van der Waals surface area contributed by atoms with Crippen LogP contribution in [0.1, 0.15) is 31.9 Å². The lowest BCUT2D eigenvalue weighted by molar-refractivity contribution is 0.586. The molecule has 2 rings (SSSR count). The van der Waals surface area contributed by atoms with E-state index >= 15 is 0 Å². The van der Waals surface area contributed by atoms with E-state index in [-0.39, 0.29) is 0 Å². The van der Waals surface area contributed by atoms with Crippen LogP contribution in [0.4, 0.5) is 0 Å². The smallest absolute Gasteiger partial charge is 0.158 e. The molecule has 0 radical (unpaired) electrons. The summed E-state index contributed by atoms with van der Waals surface area (Å²) in [6, 6.07) is 0.486. The molecule has 4 heteroatoms. The van der Waals surface area contributed by atoms with E-state index in [0.29, 0.717) is 6.04 Å². The second kappa shape index (κ2) is 4.61. The zero-order valence-electron chi connectivity index (χ0n) is 10.1. The van der Waals surface area contributed by atoms with Crippen LogP contribution in [0.3, 0.4) is 0 Å². The molecular weight excluding hydrogens is 200 g/mol.